The minimum atomic E-state index is -0.363. The van der Waals surface area contributed by atoms with Crippen LogP contribution in [0.3, 0.4) is 0 Å². The fourth-order valence-electron chi connectivity index (χ4n) is 3.18. The molecule has 0 spiro atoms. The average Bonchev–Trinajstić information content (AvgIpc) is 2.72. The molecule has 0 radical (unpaired) electrons. The number of nitrogens with zero attached hydrogens (tertiary/aromatic N) is 1. The van der Waals surface area contributed by atoms with Crippen LogP contribution in [0.15, 0.2) is 76.1 Å². The molecule has 27 heavy (non-hydrogen) atoms. The largest absolute Gasteiger partial charge is 0.482 e. The number of amides is 1. The number of carbonyl (C=O) groups excluding carboxylic acids is 1. The van der Waals surface area contributed by atoms with Gasteiger partial charge in [-0.25, -0.2) is 0 Å². The second-order valence-electron chi connectivity index (χ2n) is 6.49. The lowest BCUT2D eigenvalue weighted by Crippen LogP contribution is -2.36. The van der Waals surface area contributed by atoms with Gasteiger partial charge in [0.25, 0.3) is 5.91 Å². The predicted octanol–water partition coefficient (Wildman–Crippen LogP) is 3.42. The van der Waals surface area contributed by atoms with E-state index in [9.17, 15) is 9.59 Å². The van der Waals surface area contributed by atoms with E-state index in [0.29, 0.717) is 13.1 Å². The van der Waals surface area contributed by atoms with Crippen molar-refractivity contribution in [2.24, 2.45) is 0 Å². The third kappa shape index (κ3) is 3.77. The monoisotopic (exact) mass is 361 g/mol. The van der Waals surface area contributed by atoms with Crippen LogP contribution in [0.1, 0.15) is 27.2 Å². The number of benzene rings is 2. The molecule has 0 N–H and O–H groups in total. The maximum atomic E-state index is 12.7. The van der Waals surface area contributed by atoms with E-state index in [1.807, 2.05) is 48.5 Å². The molecule has 5 heteroatoms. The molecule has 4 rings (SSSR count). The van der Waals surface area contributed by atoms with Crippen molar-refractivity contribution >= 4 is 5.91 Å². The van der Waals surface area contributed by atoms with E-state index >= 15 is 0 Å². The van der Waals surface area contributed by atoms with Gasteiger partial charge in [0, 0.05) is 19.2 Å². The van der Waals surface area contributed by atoms with Gasteiger partial charge in [0.1, 0.15) is 12.9 Å². The summed E-state index contributed by atoms with van der Waals surface area (Å²) in [6.07, 6.45) is 2.01. The quantitative estimate of drug-likeness (QED) is 0.714. The van der Waals surface area contributed by atoms with Gasteiger partial charge < -0.3 is 14.1 Å². The molecule has 0 unspecified atom stereocenters. The fourth-order valence-corrected chi connectivity index (χ4v) is 3.18. The highest BCUT2D eigenvalue weighted by atomic mass is 16.5. The van der Waals surface area contributed by atoms with Gasteiger partial charge in [-0.3, -0.25) is 9.59 Å². The topological polar surface area (TPSA) is 59.8 Å². The molecule has 3 aromatic rings. The van der Waals surface area contributed by atoms with Crippen molar-refractivity contribution in [1.82, 2.24) is 4.90 Å². The lowest BCUT2D eigenvalue weighted by molar-refractivity contribution is 0.0698. The molecule has 1 aliphatic rings. The van der Waals surface area contributed by atoms with Gasteiger partial charge in [-0.2, -0.15) is 0 Å². The zero-order chi connectivity index (χ0) is 18.6. The second kappa shape index (κ2) is 7.50. The molecule has 1 aliphatic heterocycles. The zero-order valence-electron chi connectivity index (χ0n) is 14.8. The molecule has 0 aliphatic carbocycles. The van der Waals surface area contributed by atoms with Crippen LogP contribution in [-0.4, -0.2) is 17.4 Å². The molecule has 1 aromatic heterocycles. The van der Waals surface area contributed by atoms with Gasteiger partial charge in [0.15, 0.2) is 5.76 Å². The van der Waals surface area contributed by atoms with Crippen molar-refractivity contribution in [3.8, 4) is 5.75 Å². The summed E-state index contributed by atoms with van der Waals surface area (Å²) in [6, 6.07) is 18.8. The Hall–Kier alpha value is -3.34. The minimum absolute atomic E-state index is 0.0337. The molecule has 0 fully saturated rings. The van der Waals surface area contributed by atoms with Crippen molar-refractivity contribution in [3.05, 3.63) is 99.6 Å². The van der Waals surface area contributed by atoms with Crippen LogP contribution in [0.25, 0.3) is 0 Å². The summed E-state index contributed by atoms with van der Waals surface area (Å²) in [4.78, 5) is 26.7. The SMILES string of the molecule is O=C(c1cc(=O)c(OCc2ccccc2)co1)N1CCc2ccccc2C1. The summed E-state index contributed by atoms with van der Waals surface area (Å²) in [5, 5.41) is 0. The maximum Gasteiger partial charge on any atom is 0.290 e. The molecule has 136 valence electrons. The van der Waals surface area contributed by atoms with Crippen molar-refractivity contribution in [3.63, 3.8) is 0 Å². The smallest absolute Gasteiger partial charge is 0.290 e. The summed E-state index contributed by atoms with van der Waals surface area (Å²) in [5.41, 5.74) is 2.97. The van der Waals surface area contributed by atoms with Gasteiger partial charge in [-0.05, 0) is 23.1 Å². The lowest BCUT2D eigenvalue weighted by Gasteiger charge is -2.28. The summed E-state index contributed by atoms with van der Waals surface area (Å²) in [7, 11) is 0. The zero-order valence-corrected chi connectivity index (χ0v) is 14.8. The molecular weight excluding hydrogens is 342 g/mol. The van der Waals surface area contributed by atoms with Gasteiger partial charge >= 0.3 is 0 Å². The van der Waals surface area contributed by atoms with Crippen LogP contribution < -0.4 is 10.2 Å². The van der Waals surface area contributed by atoms with Crippen molar-refractivity contribution in [2.45, 2.75) is 19.6 Å². The van der Waals surface area contributed by atoms with Gasteiger partial charge in [-0.15, -0.1) is 0 Å². The number of hydrogen-bond donors (Lipinski definition) is 0. The summed E-state index contributed by atoms with van der Waals surface area (Å²) < 4.78 is 10.9. The van der Waals surface area contributed by atoms with Crippen molar-refractivity contribution in [1.29, 1.82) is 0 Å². The maximum absolute atomic E-state index is 12.7. The number of rotatable bonds is 4. The summed E-state index contributed by atoms with van der Waals surface area (Å²) in [5.74, 6) is -0.151. The van der Waals surface area contributed by atoms with E-state index in [1.165, 1.54) is 17.9 Å². The Kier molecular flexibility index (Phi) is 4.75. The van der Waals surface area contributed by atoms with E-state index < -0.39 is 0 Å². The Labute approximate surface area is 156 Å². The third-order valence-corrected chi connectivity index (χ3v) is 4.66. The first-order chi connectivity index (χ1) is 13.2. The number of ether oxygens (including phenoxy) is 1. The Morgan fingerprint density at radius 2 is 1.78 bits per heavy atom. The molecule has 2 aromatic carbocycles. The Morgan fingerprint density at radius 3 is 2.56 bits per heavy atom. The predicted molar refractivity (Wildman–Crippen MR) is 101 cm³/mol. The Bertz CT molecular complexity index is 1010. The Balaban J connectivity index is 1.46. The van der Waals surface area contributed by atoms with Crippen LogP contribution in [0, 0.1) is 0 Å². The summed E-state index contributed by atoms with van der Waals surface area (Å²) in [6.45, 7) is 1.39. The van der Waals surface area contributed by atoms with Crippen LogP contribution in [0.5, 0.6) is 5.75 Å². The van der Waals surface area contributed by atoms with E-state index in [0.717, 1.165) is 17.5 Å². The van der Waals surface area contributed by atoms with E-state index in [1.54, 1.807) is 4.90 Å². The molecule has 0 saturated heterocycles. The second-order valence-corrected chi connectivity index (χ2v) is 6.49. The molecule has 0 saturated carbocycles. The van der Waals surface area contributed by atoms with Crippen LogP contribution >= 0.6 is 0 Å². The van der Waals surface area contributed by atoms with E-state index in [2.05, 4.69) is 6.07 Å². The summed E-state index contributed by atoms with van der Waals surface area (Å²) >= 11 is 0. The first-order valence-corrected chi connectivity index (χ1v) is 8.86. The van der Waals surface area contributed by atoms with Crippen LogP contribution in [0.2, 0.25) is 0 Å². The molecule has 0 atom stereocenters. The standard InChI is InChI=1S/C22H19NO4/c24-19-12-20(27-15-21(19)26-14-16-6-2-1-3-7-16)22(25)23-11-10-17-8-4-5-9-18(17)13-23/h1-9,12,15H,10-11,13-14H2. The lowest BCUT2D eigenvalue weighted by atomic mass is 10.00. The minimum Gasteiger partial charge on any atom is -0.482 e. The number of hydrogen-bond acceptors (Lipinski definition) is 4. The molecule has 5 nitrogen and oxygen atoms in total. The number of fused-ring (bicyclic) bond motifs is 1. The molecule has 2 heterocycles. The van der Waals surface area contributed by atoms with Crippen LogP contribution in [0.4, 0.5) is 0 Å². The molecule has 1 amide bonds. The first-order valence-electron chi connectivity index (χ1n) is 8.86. The van der Waals surface area contributed by atoms with Crippen molar-refractivity contribution in [2.75, 3.05) is 6.54 Å². The average molecular weight is 361 g/mol. The first kappa shape index (κ1) is 17.1. The number of carbonyl (C=O) groups is 1. The van der Waals surface area contributed by atoms with E-state index in [-0.39, 0.29) is 29.5 Å². The van der Waals surface area contributed by atoms with Gasteiger partial charge in [0.2, 0.25) is 11.2 Å². The highest BCUT2D eigenvalue weighted by Crippen LogP contribution is 2.20. The fraction of sp³-hybridized carbons (Fsp3) is 0.182. The molecule has 0 bridgehead atoms. The highest BCUT2D eigenvalue weighted by molar-refractivity contribution is 5.91. The van der Waals surface area contributed by atoms with Gasteiger partial charge in [0.05, 0.1) is 0 Å². The normalized spacial score (nSPS) is 13.1. The van der Waals surface area contributed by atoms with Gasteiger partial charge in [-0.1, -0.05) is 54.6 Å². The Morgan fingerprint density at radius 1 is 1.04 bits per heavy atom. The molecular formula is C22H19NO4. The third-order valence-electron chi connectivity index (χ3n) is 4.66. The van der Waals surface area contributed by atoms with E-state index in [4.69, 9.17) is 9.15 Å². The van der Waals surface area contributed by atoms with Crippen LogP contribution in [-0.2, 0) is 19.6 Å². The van der Waals surface area contributed by atoms with Crippen molar-refractivity contribution < 1.29 is 13.9 Å². The highest BCUT2D eigenvalue weighted by Gasteiger charge is 2.23.